The summed E-state index contributed by atoms with van der Waals surface area (Å²) in [7, 11) is 1.80. The lowest BCUT2D eigenvalue weighted by molar-refractivity contribution is 0.0868. The van der Waals surface area contributed by atoms with Gasteiger partial charge in [-0.1, -0.05) is 6.92 Å². The SMILES string of the molecule is CCNCc1nc(CN2CCCC(COC)C2)cs1. The number of piperidine rings is 1. The van der Waals surface area contributed by atoms with Crippen LogP contribution in [-0.4, -0.2) is 43.2 Å². The molecule has 2 heterocycles. The first-order chi connectivity index (χ1) is 9.31. The second-order valence-corrected chi connectivity index (χ2v) is 6.15. The number of likely N-dealkylation sites (tertiary alicyclic amines) is 1. The zero-order valence-electron chi connectivity index (χ0n) is 12.0. The van der Waals surface area contributed by atoms with Crippen molar-refractivity contribution in [3.63, 3.8) is 0 Å². The third kappa shape index (κ3) is 4.84. The molecule has 0 spiro atoms. The fourth-order valence-corrected chi connectivity index (χ4v) is 3.39. The van der Waals surface area contributed by atoms with Crippen LogP contribution in [0.1, 0.15) is 30.5 Å². The predicted molar refractivity (Wildman–Crippen MR) is 79.4 cm³/mol. The van der Waals surface area contributed by atoms with Crippen molar-refractivity contribution in [2.45, 2.75) is 32.9 Å². The molecule has 108 valence electrons. The molecule has 0 saturated carbocycles. The Bertz CT molecular complexity index is 367. The monoisotopic (exact) mass is 283 g/mol. The Morgan fingerprint density at radius 2 is 2.47 bits per heavy atom. The van der Waals surface area contributed by atoms with Gasteiger partial charge in [0.15, 0.2) is 0 Å². The van der Waals surface area contributed by atoms with E-state index in [1.807, 2.05) is 0 Å². The van der Waals surface area contributed by atoms with Crippen molar-refractivity contribution in [1.82, 2.24) is 15.2 Å². The summed E-state index contributed by atoms with van der Waals surface area (Å²) in [6.07, 6.45) is 2.58. The van der Waals surface area contributed by atoms with E-state index in [2.05, 4.69) is 22.5 Å². The summed E-state index contributed by atoms with van der Waals surface area (Å²) in [5.74, 6) is 0.693. The van der Waals surface area contributed by atoms with Gasteiger partial charge in [0.1, 0.15) is 5.01 Å². The molecule has 1 aromatic rings. The molecule has 1 aliphatic heterocycles. The van der Waals surface area contributed by atoms with Crippen LogP contribution in [0.2, 0.25) is 0 Å². The van der Waals surface area contributed by atoms with Crippen LogP contribution in [0.5, 0.6) is 0 Å². The number of hydrogen-bond acceptors (Lipinski definition) is 5. The van der Waals surface area contributed by atoms with Crippen LogP contribution in [0.4, 0.5) is 0 Å². The van der Waals surface area contributed by atoms with Gasteiger partial charge < -0.3 is 10.1 Å². The van der Waals surface area contributed by atoms with Crippen LogP contribution in [-0.2, 0) is 17.8 Å². The third-order valence-corrected chi connectivity index (χ3v) is 4.41. The summed E-state index contributed by atoms with van der Waals surface area (Å²) in [5, 5.41) is 6.72. The van der Waals surface area contributed by atoms with Crippen molar-refractivity contribution in [2.75, 3.05) is 33.4 Å². The summed E-state index contributed by atoms with van der Waals surface area (Å²) in [4.78, 5) is 7.21. The molecule has 1 N–H and O–H groups in total. The van der Waals surface area contributed by atoms with E-state index in [1.54, 1.807) is 18.4 Å². The van der Waals surface area contributed by atoms with Gasteiger partial charge in [-0.25, -0.2) is 4.98 Å². The predicted octanol–water partition coefficient (Wildman–Crippen LogP) is 2.11. The molecule has 0 aliphatic carbocycles. The maximum Gasteiger partial charge on any atom is 0.107 e. The minimum atomic E-state index is 0.693. The molecule has 1 aliphatic rings. The molecule has 1 unspecified atom stereocenters. The number of thiazole rings is 1. The molecule has 5 heteroatoms. The normalized spacial score (nSPS) is 20.8. The van der Waals surface area contributed by atoms with Crippen molar-refractivity contribution < 1.29 is 4.74 Å². The first kappa shape index (κ1) is 14.9. The highest BCUT2D eigenvalue weighted by Gasteiger charge is 2.20. The highest BCUT2D eigenvalue weighted by Crippen LogP contribution is 2.19. The maximum absolute atomic E-state index is 5.28. The first-order valence-electron chi connectivity index (χ1n) is 7.17. The van der Waals surface area contributed by atoms with E-state index in [0.717, 1.165) is 32.8 Å². The molecule has 0 bridgehead atoms. The van der Waals surface area contributed by atoms with Gasteiger partial charge in [0, 0.05) is 32.1 Å². The summed E-state index contributed by atoms with van der Waals surface area (Å²) < 4.78 is 5.28. The van der Waals surface area contributed by atoms with Gasteiger partial charge in [0.05, 0.1) is 12.3 Å². The molecule has 1 atom stereocenters. The fourth-order valence-electron chi connectivity index (χ4n) is 2.63. The number of nitrogens with one attached hydrogen (secondary N) is 1. The van der Waals surface area contributed by atoms with Gasteiger partial charge >= 0.3 is 0 Å². The van der Waals surface area contributed by atoms with E-state index < -0.39 is 0 Å². The van der Waals surface area contributed by atoms with E-state index in [0.29, 0.717) is 5.92 Å². The molecule has 0 amide bonds. The van der Waals surface area contributed by atoms with E-state index in [9.17, 15) is 0 Å². The molecule has 2 rings (SSSR count). The van der Waals surface area contributed by atoms with Crippen molar-refractivity contribution in [3.05, 3.63) is 16.1 Å². The Balaban J connectivity index is 1.81. The van der Waals surface area contributed by atoms with Crippen LogP contribution in [0.25, 0.3) is 0 Å². The zero-order chi connectivity index (χ0) is 13.5. The third-order valence-electron chi connectivity index (χ3n) is 3.52. The van der Waals surface area contributed by atoms with E-state index in [-0.39, 0.29) is 0 Å². The van der Waals surface area contributed by atoms with Gasteiger partial charge in [-0.15, -0.1) is 11.3 Å². The highest BCUT2D eigenvalue weighted by molar-refractivity contribution is 7.09. The van der Waals surface area contributed by atoms with E-state index in [1.165, 1.54) is 30.1 Å². The Morgan fingerprint density at radius 1 is 1.58 bits per heavy atom. The average molecular weight is 283 g/mol. The van der Waals surface area contributed by atoms with Gasteiger partial charge in [-0.05, 0) is 31.8 Å². The molecule has 0 aromatic carbocycles. The summed E-state index contributed by atoms with van der Waals surface area (Å²) in [5.41, 5.74) is 1.22. The van der Waals surface area contributed by atoms with Crippen molar-refractivity contribution >= 4 is 11.3 Å². The number of methoxy groups -OCH3 is 1. The standard InChI is InChI=1S/C14H25N3OS/c1-3-15-7-14-16-13(11-19-14)9-17-6-4-5-12(8-17)10-18-2/h11-12,15H,3-10H2,1-2H3. The maximum atomic E-state index is 5.28. The van der Waals surface area contributed by atoms with Crippen molar-refractivity contribution in [1.29, 1.82) is 0 Å². The largest absolute Gasteiger partial charge is 0.384 e. The van der Waals surface area contributed by atoms with E-state index >= 15 is 0 Å². The van der Waals surface area contributed by atoms with Crippen LogP contribution >= 0.6 is 11.3 Å². The summed E-state index contributed by atoms with van der Waals surface area (Å²) >= 11 is 1.76. The topological polar surface area (TPSA) is 37.4 Å². The van der Waals surface area contributed by atoms with Gasteiger partial charge in [-0.3, -0.25) is 4.90 Å². The van der Waals surface area contributed by atoms with E-state index in [4.69, 9.17) is 9.72 Å². The second kappa shape index (κ2) is 7.94. The number of hydrogen-bond donors (Lipinski definition) is 1. The number of rotatable bonds is 7. The molecular formula is C14H25N3OS. The number of aromatic nitrogens is 1. The number of ether oxygens (including phenoxy) is 1. The Labute approximate surface area is 120 Å². The summed E-state index contributed by atoms with van der Waals surface area (Å²) in [6.45, 7) is 8.24. The Morgan fingerprint density at radius 3 is 3.26 bits per heavy atom. The first-order valence-corrected chi connectivity index (χ1v) is 8.05. The quantitative estimate of drug-likeness (QED) is 0.831. The Kier molecular flexibility index (Phi) is 6.23. The number of nitrogens with zero attached hydrogens (tertiary/aromatic N) is 2. The van der Waals surface area contributed by atoms with Crippen LogP contribution in [0.3, 0.4) is 0 Å². The lowest BCUT2D eigenvalue weighted by atomic mass is 9.99. The van der Waals surface area contributed by atoms with Gasteiger partial charge in [0.25, 0.3) is 0 Å². The molecular weight excluding hydrogens is 258 g/mol. The fraction of sp³-hybridized carbons (Fsp3) is 0.786. The van der Waals surface area contributed by atoms with Crippen LogP contribution < -0.4 is 5.32 Å². The Hall–Kier alpha value is -0.490. The molecule has 1 saturated heterocycles. The van der Waals surface area contributed by atoms with Gasteiger partial charge in [0.2, 0.25) is 0 Å². The minimum absolute atomic E-state index is 0.693. The average Bonchev–Trinajstić information content (AvgIpc) is 2.85. The molecule has 1 aromatic heterocycles. The highest BCUT2D eigenvalue weighted by atomic mass is 32.1. The van der Waals surface area contributed by atoms with Gasteiger partial charge in [-0.2, -0.15) is 0 Å². The van der Waals surface area contributed by atoms with Crippen LogP contribution in [0, 0.1) is 5.92 Å². The molecule has 0 radical (unpaired) electrons. The van der Waals surface area contributed by atoms with Crippen molar-refractivity contribution in [2.24, 2.45) is 5.92 Å². The van der Waals surface area contributed by atoms with Crippen molar-refractivity contribution in [3.8, 4) is 0 Å². The minimum Gasteiger partial charge on any atom is -0.384 e. The summed E-state index contributed by atoms with van der Waals surface area (Å²) in [6, 6.07) is 0. The smallest absolute Gasteiger partial charge is 0.107 e. The molecule has 1 fully saturated rings. The second-order valence-electron chi connectivity index (χ2n) is 5.21. The molecule has 19 heavy (non-hydrogen) atoms. The van der Waals surface area contributed by atoms with Crippen LogP contribution in [0.15, 0.2) is 5.38 Å². The lowest BCUT2D eigenvalue weighted by Crippen LogP contribution is -2.36. The molecule has 4 nitrogen and oxygen atoms in total. The lowest BCUT2D eigenvalue weighted by Gasteiger charge is -2.31. The zero-order valence-corrected chi connectivity index (χ0v) is 12.8.